The number of thiazole rings is 2. The summed E-state index contributed by atoms with van der Waals surface area (Å²) in [6.45, 7) is 6.53. The molecule has 0 saturated carbocycles. The van der Waals surface area contributed by atoms with Crippen molar-refractivity contribution in [2.45, 2.75) is 35.6 Å². The minimum Gasteiger partial charge on any atom is -0.177 e. The number of hydrogen-bond acceptors (Lipinski definition) is 4. The highest BCUT2D eigenvalue weighted by atomic mass is 32.2. The SMILES string of the molecule is CCSc1scc[n+]1CC[n+]1ccsc1SCC. The van der Waals surface area contributed by atoms with Crippen molar-refractivity contribution in [2.24, 2.45) is 0 Å². The molecule has 0 aliphatic heterocycles. The van der Waals surface area contributed by atoms with Crippen LogP contribution in [-0.4, -0.2) is 11.5 Å². The zero-order valence-corrected chi connectivity index (χ0v) is 13.9. The average molecular weight is 319 g/mol. The van der Waals surface area contributed by atoms with Gasteiger partial charge in [-0.2, -0.15) is 9.13 Å². The summed E-state index contributed by atoms with van der Waals surface area (Å²) in [5, 5.41) is 4.36. The number of nitrogens with zero attached hydrogens (tertiary/aromatic N) is 2. The largest absolute Gasteiger partial charge is 0.297 e. The van der Waals surface area contributed by atoms with E-state index >= 15 is 0 Å². The van der Waals surface area contributed by atoms with Gasteiger partial charge in [0.15, 0.2) is 12.4 Å². The van der Waals surface area contributed by atoms with Gasteiger partial charge in [0.2, 0.25) is 13.1 Å². The third-order valence-corrected chi connectivity index (χ3v) is 6.62. The van der Waals surface area contributed by atoms with Crippen LogP contribution in [0, 0.1) is 0 Å². The lowest BCUT2D eigenvalue weighted by molar-refractivity contribution is -0.805. The Morgan fingerprint density at radius 1 is 0.889 bits per heavy atom. The van der Waals surface area contributed by atoms with Gasteiger partial charge in [-0.1, -0.05) is 36.5 Å². The van der Waals surface area contributed by atoms with E-state index in [0.29, 0.717) is 0 Å². The first-order valence-electron chi connectivity index (χ1n) is 6.04. The van der Waals surface area contributed by atoms with Gasteiger partial charge < -0.3 is 0 Å². The van der Waals surface area contributed by atoms with Crippen LogP contribution in [0.1, 0.15) is 13.8 Å². The molecule has 0 amide bonds. The van der Waals surface area contributed by atoms with E-state index in [4.69, 9.17) is 0 Å². The molecule has 0 spiro atoms. The highest BCUT2D eigenvalue weighted by Crippen LogP contribution is 2.19. The summed E-state index contributed by atoms with van der Waals surface area (Å²) in [4.78, 5) is 0. The summed E-state index contributed by atoms with van der Waals surface area (Å²) in [6.07, 6.45) is 4.39. The average Bonchev–Trinajstić information content (AvgIpc) is 2.97. The molecule has 0 N–H and O–H groups in total. The molecule has 2 heterocycles. The van der Waals surface area contributed by atoms with Crippen LogP contribution in [-0.2, 0) is 13.1 Å². The molecule has 18 heavy (non-hydrogen) atoms. The minimum absolute atomic E-state index is 1.06. The van der Waals surface area contributed by atoms with Crippen molar-refractivity contribution < 1.29 is 9.13 Å². The highest BCUT2D eigenvalue weighted by molar-refractivity contribution is 8.01. The fraction of sp³-hybridized carbons (Fsp3) is 0.500. The van der Waals surface area contributed by atoms with Crippen LogP contribution in [0.4, 0.5) is 0 Å². The summed E-state index contributed by atoms with van der Waals surface area (Å²) in [5.74, 6) is 2.28. The van der Waals surface area contributed by atoms with E-state index in [1.54, 1.807) is 0 Å². The Kier molecular flexibility index (Phi) is 6.01. The van der Waals surface area contributed by atoms with Gasteiger partial charge in [0, 0.05) is 11.5 Å². The van der Waals surface area contributed by atoms with Gasteiger partial charge in [-0.05, 0) is 23.5 Å². The van der Waals surface area contributed by atoms with E-state index in [0.717, 1.165) is 24.6 Å². The van der Waals surface area contributed by atoms with E-state index in [9.17, 15) is 0 Å². The van der Waals surface area contributed by atoms with Crippen molar-refractivity contribution in [1.29, 1.82) is 0 Å². The van der Waals surface area contributed by atoms with Crippen LogP contribution in [0.5, 0.6) is 0 Å². The summed E-state index contributed by atoms with van der Waals surface area (Å²) in [6, 6.07) is 0. The predicted molar refractivity (Wildman–Crippen MR) is 81.8 cm³/mol. The minimum atomic E-state index is 1.06. The van der Waals surface area contributed by atoms with Crippen LogP contribution in [0.3, 0.4) is 0 Å². The third kappa shape index (κ3) is 3.73. The van der Waals surface area contributed by atoms with Crippen LogP contribution in [0.15, 0.2) is 31.8 Å². The standard InChI is InChI=1S/C12H18N2S4/c1-3-15-11-13(7-9-17-11)5-6-14-8-10-18-12(14)16-4-2/h7-10H,3-6H2,1-2H3/q+2. The molecule has 2 rings (SSSR count). The summed E-state index contributed by atoms with van der Waals surface area (Å²) < 4.78 is 7.56. The van der Waals surface area contributed by atoms with E-state index in [1.165, 1.54) is 8.68 Å². The van der Waals surface area contributed by atoms with Crippen LogP contribution in [0.2, 0.25) is 0 Å². The Hall–Kier alpha value is -0.0400. The van der Waals surface area contributed by atoms with E-state index in [-0.39, 0.29) is 0 Å². The second kappa shape index (κ2) is 7.53. The lowest BCUT2D eigenvalue weighted by atomic mass is 10.6. The molecule has 0 saturated heterocycles. The molecule has 2 nitrogen and oxygen atoms in total. The van der Waals surface area contributed by atoms with Gasteiger partial charge in [-0.15, -0.1) is 0 Å². The molecule has 0 radical (unpaired) electrons. The van der Waals surface area contributed by atoms with Gasteiger partial charge in [0.25, 0.3) is 8.68 Å². The number of thioether (sulfide) groups is 2. The zero-order valence-electron chi connectivity index (χ0n) is 10.7. The molecule has 0 atom stereocenters. The Balaban J connectivity index is 1.98. The normalized spacial score (nSPS) is 11.0. The van der Waals surface area contributed by atoms with Gasteiger partial charge in [0.05, 0.1) is 10.8 Å². The smallest absolute Gasteiger partial charge is 0.177 e. The van der Waals surface area contributed by atoms with Gasteiger partial charge >= 0.3 is 0 Å². The molecule has 0 aromatic carbocycles. The maximum atomic E-state index is 2.36. The topological polar surface area (TPSA) is 7.76 Å². The molecular formula is C12H18N2S4+2. The quantitative estimate of drug-likeness (QED) is 0.571. The number of aromatic nitrogens is 2. The van der Waals surface area contributed by atoms with Crippen molar-refractivity contribution in [1.82, 2.24) is 0 Å². The van der Waals surface area contributed by atoms with E-state index in [2.05, 4.69) is 46.1 Å². The summed E-state index contributed by atoms with van der Waals surface area (Å²) in [7, 11) is 0. The molecule has 2 aromatic heterocycles. The Morgan fingerprint density at radius 2 is 1.33 bits per heavy atom. The zero-order chi connectivity index (χ0) is 12.8. The molecule has 0 bridgehead atoms. The third-order valence-electron chi connectivity index (χ3n) is 2.41. The second-order valence-electron chi connectivity index (χ2n) is 3.59. The van der Waals surface area contributed by atoms with Crippen molar-refractivity contribution in [3.63, 3.8) is 0 Å². The summed E-state index contributed by atoms with van der Waals surface area (Å²) >= 11 is 7.54. The molecule has 2 aromatic rings. The number of aryl methyl sites for hydroxylation is 2. The van der Waals surface area contributed by atoms with Crippen molar-refractivity contribution in [2.75, 3.05) is 11.5 Å². The molecule has 0 fully saturated rings. The predicted octanol–water partition coefficient (Wildman–Crippen LogP) is 3.31. The van der Waals surface area contributed by atoms with Gasteiger partial charge in [-0.25, -0.2) is 0 Å². The monoisotopic (exact) mass is 318 g/mol. The molecule has 0 aliphatic rings. The molecule has 98 valence electrons. The van der Waals surface area contributed by atoms with E-state index < -0.39 is 0 Å². The summed E-state index contributed by atoms with van der Waals surface area (Å²) in [5.41, 5.74) is 0. The Morgan fingerprint density at radius 3 is 1.72 bits per heavy atom. The molecule has 0 unspecified atom stereocenters. The fourth-order valence-electron chi connectivity index (χ4n) is 1.61. The van der Waals surface area contributed by atoms with E-state index in [1.807, 2.05) is 46.2 Å². The Bertz CT molecular complexity index is 434. The van der Waals surface area contributed by atoms with Gasteiger partial charge in [-0.3, -0.25) is 0 Å². The number of hydrogen-bond donors (Lipinski definition) is 0. The lowest BCUT2D eigenvalue weighted by Crippen LogP contribution is -2.44. The van der Waals surface area contributed by atoms with Gasteiger partial charge in [0.1, 0.15) is 0 Å². The first-order chi connectivity index (χ1) is 8.85. The van der Waals surface area contributed by atoms with Crippen LogP contribution < -0.4 is 9.13 Å². The molecular weight excluding hydrogens is 300 g/mol. The lowest BCUT2D eigenvalue weighted by Gasteiger charge is -1.96. The Labute approximate surface area is 125 Å². The first-order valence-corrected chi connectivity index (χ1v) is 9.77. The van der Waals surface area contributed by atoms with Crippen molar-refractivity contribution >= 4 is 46.2 Å². The van der Waals surface area contributed by atoms with Crippen molar-refractivity contribution in [3.05, 3.63) is 23.2 Å². The van der Waals surface area contributed by atoms with Crippen LogP contribution in [0.25, 0.3) is 0 Å². The van der Waals surface area contributed by atoms with Crippen LogP contribution >= 0.6 is 46.2 Å². The number of rotatable bonds is 7. The maximum absolute atomic E-state index is 2.36. The first kappa shape index (κ1) is 14.4. The van der Waals surface area contributed by atoms with Crippen molar-refractivity contribution in [3.8, 4) is 0 Å². The second-order valence-corrected chi connectivity index (χ2v) is 8.40. The maximum Gasteiger partial charge on any atom is 0.297 e. The fourth-order valence-corrected chi connectivity index (χ4v) is 5.55. The molecule has 6 heteroatoms. The highest BCUT2D eigenvalue weighted by Gasteiger charge is 2.18. The molecule has 0 aliphatic carbocycles.